The molecule has 168 valence electrons. The summed E-state index contributed by atoms with van der Waals surface area (Å²) in [7, 11) is 3.11. The minimum Gasteiger partial charge on any atom is -0.507 e. The van der Waals surface area contributed by atoms with E-state index >= 15 is 0 Å². The van der Waals surface area contributed by atoms with Gasteiger partial charge < -0.3 is 19.5 Å². The molecule has 0 saturated carbocycles. The van der Waals surface area contributed by atoms with Gasteiger partial charge in [-0.15, -0.1) is 0 Å². The van der Waals surface area contributed by atoms with Gasteiger partial charge in [-0.25, -0.2) is 0 Å². The van der Waals surface area contributed by atoms with Crippen LogP contribution < -0.4 is 9.47 Å². The van der Waals surface area contributed by atoms with Crippen LogP contribution in [0.1, 0.15) is 28.4 Å². The Kier molecular flexibility index (Phi) is 6.13. The first-order valence-corrected chi connectivity index (χ1v) is 10.4. The van der Waals surface area contributed by atoms with E-state index in [1.807, 2.05) is 18.2 Å². The lowest BCUT2D eigenvalue weighted by atomic mass is 9.96. The van der Waals surface area contributed by atoms with E-state index in [0.717, 1.165) is 5.56 Å². The molecular formula is C26H24N2O5. The van der Waals surface area contributed by atoms with Gasteiger partial charge in [0.15, 0.2) is 0 Å². The van der Waals surface area contributed by atoms with E-state index in [-0.39, 0.29) is 17.9 Å². The number of aryl methyl sites for hydroxylation is 1. The number of nitrogens with zero attached hydrogens (tertiary/aromatic N) is 2. The number of likely N-dealkylation sites (tertiary alicyclic amines) is 1. The molecule has 0 bridgehead atoms. The molecule has 4 rings (SSSR count). The van der Waals surface area contributed by atoms with Crippen LogP contribution in [0, 0.1) is 6.92 Å². The summed E-state index contributed by atoms with van der Waals surface area (Å²) in [4.78, 5) is 32.2. The van der Waals surface area contributed by atoms with Gasteiger partial charge in [-0.2, -0.15) is 0 Å². The van der Waals surface area contributed by atoms with Crippen molar-refractivity contribution in [3.8, 4) is 11.5 Å². The highest BCUT2D eigenvalue weighted by atomic mass is 16.5. The van der Waals surface area contributed by atoms with Gasteiger partial charge in [0.25, 0.3) is 11.7 Å². The molecule has 33 heavy (non-hydrogen) atoms. The van der Waals surface area contributed by atoms with Gasteiger partial charge in [0.05, 0.1) is 32.0 Å². The number of methoxy groups -OCH3 is 2. The zero-order valence-corrected chi connectivity index (χ0v) is 18.6. The van der Waals surface area contributed by atoms with E-state index in [0.29, 0.717) is 28.3 Å². The molecule has 7 nitrogen and oxygen atoms in total. The molecule has 2 heterocycles. The lowest BCUT2D eigenvalue weighted by Crippen LogP contribution is -2.29. The molecule has 1 atom stereocenters. The van der Waals surface area contributed by atoms with Crippen LogP contribution in [-0.4, -0.2) is 40.9 Å². The Labute approximate surface area is 191 Å². The molecule has 1 N–H and O–H groups in total. The number of para-hydroxylation sites is 1. The fraction of sp³-hybridized carbons (Fsp3) is 0.192. The fourth-order valence-corrected chi connectivity index (χ4v) is 4.08. The van der Waals surface area contributed by atoms with Gasteiger partial charge in [0, 0.05) is 17.3 Å². The number of pyridine rings is 1. The van der Waals surface area contributed by atoms with Crippen LogP contribution >= 0.6 is 0 Å². The van der Waals surface area contributed by atoms with Crippen molar-refractivity contribution in [1.82, 2.24) is 9.88 Å². The molecule has 1 aliphatic heterocycles. The molecule has 1 amide bonds. The second kappa shape index (κ2) is 9.16. The standard InChI is InChI=1S/C26H24N2O5/c1-16-14-18(32-2)11-12-19(16)24(29)22-23(20-9-6-7-13-27-20)28(26(31)25(22)30)15-17-8-4-5-10-21(17)33-3/h4-14,23,29H,15H2,1-3H3/b24-22-. The van der Waals surface area contributed by atoms with Crippen LogP contribution in [0.15, 0.2) is 72.4 Å². The summed E-state index contributed by atoms with van der Waals surface area (Å²) in [5.74, 6) is -0.476. The number of carbonyl (C=O) groups is 2. The lowest BCUT2D eigenvalue weighted by Gasteiger charge is -2.25. The van der Waals surface area contributed by atoms with Crippen LogP contribution in [0.5, 0.6) is 11.5 Å². The highest BCUT2D eigenvalue weighted by Crippen LogP contribution is 2.40. The molecule has 1 saturated heterocycles. The molecule has 0 aliphatic carbocycles. The second-order valence-electron chi connectivity index (χ2n) is 7.67. The predicted molar refractivity (Wildman–Crippen MR) is 123 cm³/mol. The van der Waals surface area contributed by atoms with Crippen LogP contribution in [0.2, 0.25) is 0 Å². The molecule has 7 heteroatoms. The number of amides is 1. The number of hydrogen-bond donors (Lipinski definition) is 1. The summed E-state index contributed by atoms with van der Waals surface area (Å²) in [6, 6.07) is 16.9. The average molecular weight is 444 g/mol. The molecule has 3 aromatic rings. The normalized spacial score (nSPS) is 17.3. The maximum absolute atomic E-state index is 13.2. The van der Waals surface area contributed by atoms with Crippen molar-refractivity contribution < 1.29 is 24.2 Å². The Balaban J connectivity index is 1.87. The topological polar surface area (TPSA) is 89.0 Å². The quantitative estimate of drug-likeness (QED) is 0.351. The average Bonchev–Trinajstić information content (AvgIpc) is 3.09. The molecule has 2 aromatic carbocycles. The van der Waals surface area contributed by atoms with E-state index in [2.05, 4.69) is 4.98 Å². The van der Waals surface area contributed by atoms with E-state index in [9.17, 15) is 14.7 Å². The monoisotopic (exact) mass is 444 g/mol. The third kappa shape index (κ3) is 4.05. The van der Waals surface area contributed by atoms with Crippen LogP contribution in [0.3, 0.4) is 0 Å². The Morgan fingerprint density at radius 2 is 1.79 bits per heavy atom. The number of aromatic nitrogens is 1. The van der Waals surface area contributed by atoms with Crippen molar-refractivity contribution in [2.24, 2.45) is 0 Å². The maximum Gasteiger partial charge on any atom is 0.296 e. The first-order chi connectivity index (χ1) is 16.0. The van der Waals surface area contributed by atoms with Gasteiger partial charge in [0.1, 0.15) is 23.3 Å². The smallest absolute Gasteiger partial charge is 0.296 e. The summed E-state index contributed by atoms with van der Waals surface area (Å²) >= 11 is 0. The highest BCUT2D eigenvalue weighted by molar-refractivity contribution is 6.46. The maximum atomic E-state index is 13.2. The highest BCUT2D eigenvalue weighted by Gasteiger charge is 2.47. The van der Waals surface area contributed by atoms with Crippen molar-refractivity contribution in [3.63, 3.8) is 0 Å². The number of aliphatic hydroxyl groups is 1. The second-order valence-corrected chi connectivity index (χ2v) is 7.67. The largest absolute Gasteiger partial charge is 0.507 e. The van der Waals surface area contributed by atoms with E-state index in [4.69, 9.17) is 9.47 Å². The number of carbonyl (C=O) groups excluding carboxylic acids is 2. The van der Waals surface area contributed by atoms with Gasteiger partial charge in [-0.3, -0.25) is 14.6 Å². The fourth-order valence-electron chi connectivity index (χ4n) is 4.08. The van der Waals surface area contributed by atoms with Crippen LogP contribution in [0.4, 0.5) is 0 Å². The molecular weight excluding hydrogens is 420 g/mol. The molecule has 1 aliphatic rings. The third-order valence-corrected chi connectivity index (χ3v) is 5.73. The Hall–Kier alpha value is -4.13. The molecule has 0 spiro atoms. The Morgan fingerprint density at radius 1 is 1.03 bits per heavy atom. The van der Waals surface area contributed by atoms with Gasteiger partial charge in [0.2, 0.25) is 0 Å². The first-order valence-electron chi connectivity index (χ1n) is 10.4. The van der Waals surface area contributed by atoms with Crippen LogP contribution in [-0.2, 0) is 16.1 Å². The number of ketones is 1. The minimum atomic E-state index is -0.849. The van der Waals surface area contributed by atoms with E-state index < -0.39 is 17.7 Å². The zero-order chi connectivity index (χ0) is 23.5. The number of hydrogen-bond acceptors (Lipinski definition) is 6. The Bertz CT molecular complexity index is 1240. The van der Waals surface area contributed by atoms with Gasteiger partial charge in [-0.1, -0.05) is 24.3 Å². The summed E-state index contributed by atoms with van der Waals surface area (Å²) in [6.45, 7) is 1.92. The number of Topliss-reactive ketones (excluding diaryl/α,β-unsaturated/α-hetero) is 1. The first kappa shape index (κ1) is 22.1. The van der Waals surface area contributed by atoms with Crippen molar-refractivity contribution in [3.05, 3.63) is 94.8 Å². The van der Waals surface area contributed by atoms with Crippen molar-refractivity contribution in [2.45, 2.75) is 19.5 Å². The summed E-state index contributed by atoms with van der Waals surface area (Å²) in [5, 5.41) is 11.3. The van der Waals surface area contributed by atoms with E-state index in [1.54, 1.807) is 69.8 Å². The number of rotatable bonds is 6. The minimum absolute atomic E-state index is 0.00173. The van der Waals surface area contributed by atoms with Crippen LogP contribution in [0.25, 0.3) is 5.76 Å². The summed E-state index contributed by atoms with van der Waals surface area (Å²) in [6.07, 6.45) is 1.59. The predicted octanol–water partition coefficient (Wildman–Crippen LogP) is 4.03. The van der Waals surface area contributed by atoms with Gasteiger partial charge in [-0.05, 0) is 48.9 Å². The Morgan fingerprint density at radius 3 is 2.45 bits per heavy atom. The van der Waals surface area contributed by atoms with Crippen molar-refractivity contribution in [1.29, 1.82) is 0 Å². The molecule has 1 unspecified atom stereocenters. The third-order valence-electron chi connectivity index (χ3n) is 5.73. The summed E-state index contributed by atoms with van der Waals surface area (Å²) < 4.78 is 10.7. The molecule has 0 radical (unpaired) electrons. The number of ether oxygens (including phenoxy) is 2. The lowest BCUT2D eigenvalue weighted by molar-refractivity contribution is -0.140. The SMILES string of the molecule is COc1ccc(/C(O)=C2/C(=O)C(=O)N(Cc3ccccc3OC)C2c2ccccn2)c(C)c1. The van der Waals surface area contributed by atoms with Gasteiger partial charge >= 0.3 is 0 Å². The molecule has 1 aromatic heterocycles. The number of aliphatic hydroxyl groups excluding tert-OH is 1. The van der Waals surface area contributed by atoms with Crippen molar-refractivity contribution >= 4 is 17.4 Å². The number of benzene rings is 2. The summed E-state index contributed by atoms with van der Waals surface area (Å²) in [5.41, 5.74) is 2.39. The van der Waals surface area contributed by atoms with Crippen molar-refractivity contribution in [2.75, 3.05) is 14.2 Å². The zero-order valence-electron chi connectivity index (χ0n) is 18.6. The van der Waals surface area contributed by atoms with E-state index in [1.165, 1.54) is 4.90 Å². The molecule has 1 fully saturated rings.